The molecule has 2 aromatic carbocycles. The van der Waals surface area contributed by atoms with Crippen LogP contribution in [0.25, 0.3) is 0 Å². The van der Waals surface area contributed by atoms with Gasteiger partial charge in [0.15, 0.2) is 23.0 Å². The fraction of sp³-hybridized carbons (Fsp3) is 0.458. The van der Waals surface area contributed by atoms with Crippen molar-refractivity contribution in [2.24, 2.45) is 11.8 Å². The Labute approximate surface area is 192 Å². The van der Waals surface area contributed by atoms with E-state index in [1.165, 1.54) is 21.3 Å². The van der Waals surface area contributed by atoms with Gasteiger partial charge in [-0.2, -0.15) is 0 Å². The fourth-order valence-corrected chi connectivity index (χ4v) is 4.89. The number of rotatable bonds is 7. The van der Waals surface area contributed by atoms with E-state index in [-0.39, 0.29) is 19.3 Å². The summed E-state index contributed by atoms with van der Waals surface area (Å²) >= 11 is 0. The summed E-state index contributed by atoms with van der Waals surface area (Å²) in [5.74, 6) is 0.0619. The van der Waals surface area contributed by atoms with Crippen LogP contribution >= 0.6 is 0 Å². The van der Waals surface area contributed by atoms with Crippen LogP contribution in [0, 0.1) is 11.8 Å². The van der Waals surface area contributed by atoms with Crippen molar-refractivity contribution in [3.8, 4) is 28.7 Å². The molecule has 2 aromatic rings. The maximum atomic E-state index is 13.3. The second-order valence-electron chi connectivity index (χ2n) is 7.98. The van der Waals surface area contributed by atoms with E-state index in [1.807, 2.05) is 6.92 Å². The van der Waals surface area contributed by atoms with Gasteiger partial charge in [-0.1, -0.05) is 0 Å². The van der Waals surface area contributed by atoms with Crippen molar-refractivity contribution in [1.29, 1.82) is 0 Å². The molecule has 9 heteroatoms. The molecule has 178 valence electrons. The number of fused-ring (bicyclic) bond motifs is 2. The topological polar surface area (TPSA) is 116 Å². The molecule has 1 aliphatic carbocycles. The lowest BCUT2D eigenvalue weighted by molar-refractivity contribution is -0.131. The van der Waals surface area contributed by atoms with Crippen molar-refractivity contribution in [2.45, 2.75) is 18.9 Å². The van der Waals surface area contributed by atoms with E-state index in [9.17, 15) is 15.0 Å². The lowest BCUT2D eigenvalue weighted by atomic mass is 9.65. The highest BCUT2D eigenvalue weighted by Gasteiger charge is 2.47. The van der Waals surface area contributed by atoms with E-state index in [0.29, 0.717) is 52.0 Å². The molecule has 4 rings (SSSR count). The summed E-state index contributed by atoms with van der Waals surface area (Å²) in [5.41, 5.74) is 2.01. The molecular formula is C24H29NO8. The number of nitrogens with one attached hydrogen (secondary N) is 1. The molecular weight excluding hydrogens is 430 g/mol. The number of ether oxygens (including phenoxy) is 5. The third-order valence-electron chi connectivity index (χ3n) is 6.37. The molecule has 3 N–H and O–H groups in total. The first kappa shape index (κ1) is 23.0. The molecule has 1 amide bonds. The second-order valence-corrected chi connectivity index (χ2v) is 7.98. The van der Waals surface area contributed by atoms with Gasteiger partial charge in [-0.3, -0.25) is 4.79 Å². The van der Waals surface area contributed by atoms with E-state index < -0.39 is 23.9 Å². The summed E-state index contributed by atoms with van der Waals surface area (Å²) in [4.78, 5) is 13.3. The minimum absolute atomic E-state index is 0.0757. The molecule has 33 heavy (non-hydrogen) atoms. The highest BCUT2D eigenvalue weighted by Crippen LogP contribution is 2.53. The first-order chi connectivity index (χ1) is 16.0. The lowest BCUT2D eigenvalue weighted by Gasteiger charge is -2.41. The van der Waals surface area contributed by atoms with E-state index >= 15 is 0 Å². The Morgan fingerprint density at radius 2 is 1.64 bits per heavy atom. The van der Waals surface area contributed by atoms with Crippen LogP contribution in [0.2, 0.25) is 0 Å². The largest absolute Gasteiger partial charge is 0.493 e. The van der Waals surface area contributed by atoms with Crippen molar-refractivity contribution in [2.75, 3.05) is 41.3 Å². The van der Waals surface area contributed by atoms with Gasteiger partial charge >= 0.3 is 0 Å². The molecule has 2 aliphatic rings. The Balaban J connectivity index is 1.98. The SMILES string of the molecule is CCNC(=O)[C@H]1[C@H](c2cc(OC)c(OC)c(OC)c2)c2cc3c(cc2[C@H](O)[C@H]1CO)OCO3. The predicted molar refractivity (Wildman–Crippen MR) is 118 cm³/mol. The van der Waals surface area contributed by atoms with Gasteiger partial charge in [0.2, 0.25) is 18.4 Å². The molecule has 0 saturated carbocycles. The van der Waals surface area contributed by atoms with Crippen LogP contribution in [0.3, 0.4) is 0 Å². The van der Waals surface area contributed by atoms with Crippen molar-refractivity contribution < 1.29 is 38.7 Å². The summed E-state index contributed by atoms with van der Waals surface area (Å²) in [5, 5.41) is 24.3. The number of amides is 1. The first-order valence-corrected chi connectivity index (χ1v) is 10.8. The first-order valence-electron chi connectivity index (χ1n) is 10.8. The van der Waals surface area contributed by atoms with Crippen LogP contribution in [-0.2, 0) is 4.79 Å². The van der Waals surface area contributed by atoms with Crippen molar-refractivity contribution >= 4 is 5.91 Å². The van der Waals surface area contributed by atoms with Crippen LogP contribution < -0.4 is 29.0 Å². The zero-order valence-electron chi connectivity index (χ0n) is 19.1. The molecule has 0 saturated heterocycles. The summed E-state index contributed by atoms with van der Waals surface area (Å²) in [7, 11) is 4.57. The number of methoxy groups -OCH3 is 3. The summed E-state index contributed by atoms with van der Waals surface area (Å²) in [6.07, 6.45) is -1.06. The Kier molecular flexibility index (Phi) is 6.53. The fourth-order valence-electron chi connectivity index (χ4n) is 4.89. The van der Waals surface area contributed by atoms with E-state index in [2.05, 4.69) is 5.32 Å². The van der Waals surface area contributed by atoms with Crippen molar-refractivity contribution in [3.63, 3.8) is 0 Å². The zero-order chi connectivity index (χ0) is 23.7. The van der Waals surface area contributed by atoms with Gasteiger partial charge in [-0.25, -0.2) is 0 Å². The van der Waals surface area contributed by atoms with Gasteiger partial charge in [-0.05, 0) is 47.9 Å². The molecule has 9 nitrogen and oxygen atoms in total. The highest BCUT2D eigenvalue weighted by atomic mass is 16.7. The quantitative estimate of drug-likeness (QED) is 0.576. The molecule has 1 heterocycles. The molecule has 0 fully saturated rings. The van der Waals surface area contributed by atoms with Gasteiger partial charge in [0.1, 0.15) is 0 Å². The Morgan fingerprint density at radius 1 is 1.03 bits per heavy atom. The lowest BCUT2D eigenvalue weighted by Crippen LogP contribution is -2.45. The Morgan fingerprint density at radius 3 is 2.15 bits per heavy atom. The number of carbonyl (C=O) groups is 1. The summed E-state index contributed by atoms with van der Waals surface area (Å²) < 4.78 is 27.6. The van der Waals surface area contributed by atoms with E-state index in [0.717, 1.165) is 0 Å². The van der Waals surface area contributed by atoms with Crippen molar-refractivity contribution in [1.82, 2.24) is 5.32 Å². The molecule has 1 aliphatic heterocycles. The number of hydrogen-bond donors (Lipinski definition) is 3. The van der Waals surface area contributed by atoms with Crippen LogP contribution in [0.1, 0.15) is 35.6 Å². The smallest absolute Gasteiger partial charge is 0.231 e. The molecule has 4 atom stereocenters. The predicted octanol–water partition coefficient (Wildman–Crippen LogP) is 1.98. The summed E-state index contributed by atoms with van der Waals surface area (Å²) in [6, 6.07) is 7.11. The van der Waals surface area contributed by atoms with E-state index in [1.54, 1.807) is 24.3 Å². The van der Waals surface area contributed by atoms with Gasteiger partial charge < -0.3 is 39.2 Å². The van der Waals surface area contributed by atoms with Crippen LogP contribution in [0.4, 0.5) is 0 Å². The minimum Gasteiger partial charge on any atom is -0.493 e. The number of aliphatic hydroxyl groups is 2. The minimum atomic E-state index is -1.06. The van der Waals surface area contributed by atoms with Gasteiger partial charge in [0, 0.05) is 25.0 Å². The average molecular weight is 459 g/mol. The number of carbonyl (C=O) groups excluding carboxylic acids is 1. The maximum absolute atomic E-state index is 13.3. The number of aliphatic hydroxyl groups excluding tert-OH is 2. The zero-order valence-corrected chi connectivity index (χ0v) is 19.1. The third kappa shape index (κ3) is 3.81. The molecule has 0 spiro atoms. The van der Waals surface area contributed by atoms with E-state index in [4.69, 9.17) is 23.7 Å². The maximum Gasteiger partial charge on any atom is 0.231 e. The second kappa shape index (κ2) is 9.36. The third-order valence-corrected chi connectivity index (χ3v) is 6.37. The number of hydrogen-bond acceptors (Lipinski definition) is 8. The Bertz CT molecular complexity index is 1010. The van der Waals surface area contributed by atoms with Crippen molar-refractivity contribution in [3.05, 3.63) is 41.0 Å². The number of benzene rings is 2. The average Bonchev–Trinajstić information content (AvgIpc) is 3.29. The monoisotopic (exact) mass is 459 g/mol. The van der Waals surface area contributed by atoms with Gasteiger partial charge in [-0.15, -0.1) is 0 Å². The van der Waals surface area contributed by atoms with Gasteiger partial charge in [0.25, 0.3) is 0 Å². The van der Waals surface area contributed by atoms with Crippen LogP contribution in [-0.4, -0.2) is 57.4 Å². The standard InChI is InChI=1S/C24H29NO8/c1-5-25-24(28)21-15(10-26)22(27)14-9-17-16(32-11-33-17)8-13(14)20(21)12-6-18(29-2)23(31-4)19(7-12)30-3/h6-9,15,20-22,26-27H,5,10-11H2,1-4H3,(H,25,28)/t15-,20+,21+,22-/m0/s1. The Hall–Kier alpha value is -3.17. The summed E-state index contributed by atoms with van der Waals surface area (Å²) in [6.45, 7) is 1.94. The van der Waals surface area contributed by atoms with Gasteiger partial charge in [0.05, 0.1) is 33.4 Å². The van der Waals surface area contributed by atoms with Crippen LogP contribution in [0.5, 0.6) is 28.7 Å². The van der Waals surface area contributed by atoms with Crippen LogP contribution in [0.15, 0.2) is 24.3 Å². The molecule has 0 radical (unpaired) electrons. The molecule has 0 aromatic heterocycles. The molecule has 0 unspecified atom stereocenters. The normalized spacial score (nSPS) is 23.0. The molecule has 0 bridgehead atoms. The highest BCUT2D eigenvalue weighted by molar-refractivity contribution is 5.82.